The number of carbonyl (C=O) groups is 1. The molecule has 0 aliphatic carbocycles. The SMILES string of the molecule is CCOc1ccc(Br)cc1/C=N\NC(=O)c1ccc2ccccc2n1. The fourth-order valence-electron chi connectivity index (χ4n) is 2.32. The van der Waals surface area contributed by atoms with Crippen LogP contribution >= 0.6 is 15.9 Å². The predicted octanol–water partition coefficient (Wildman–Crippen LogP) is 4.16. The maximum absolute atomic E-state index is 12.2. The van der Waals surface area contributed by atoms with Gasteiger partial charge in [-0.05, 0) is 37.3 Å². The smallest absolute Gasteiger partial charge is 0.289 e. The highest BCUT2D eigenvalue weighted by atomic mass is 79.9. The third-order valence-electron chi connectivity index (χ3n) is 3.47. The van der Waals surface area contributed by atoms with Gasteiger partial charge in [0, 0.05) is 15.4 Å². The summed E-state index contributed by atoms with van der Waals surface area (Å²) >= 11 is 3.41. The Bertz CT molecular complexity index is 941. The zero-order chi connectivity index (χ0) is 17.6. The second kappa shape index (κ2) is 7.90. The van der Waals surface area contributed by atoms with Gasteiger partial charge in [-0.1, -0.05) is 40.2 Å². The third-order valence-corrected chi connectivity index (χ3v) is 3.97. The van der Waals surface area contributed by atoms with Crippen LogP contribution in [-0.2, 0) is 0 Å². The van der Waals surface area contributed by atoms with Gasteiger partial charge in [-0.15, -0.1) is 0 Å². The van der Waals surface area contributed by atoms with Crippen LogP contribution in [0.25, 0.3) is 10.9 Å². The number of rotatable bonds is 5. The van der Waals surface area contributed by atoms with Crippen LogP contribution in [0.1, 0.15) is 23.0 Å². The molecule has 3 aromatic rings. The van der Waals surface area contributed by atoms with Gasteiger partial charge in [0.2, 0.25) is 0 Å². The maximum atomic E-state index is 12.2. The van der Waals surface area contributed by atoms with Gasteiger partial charge in [-0.3, -0.25) is 4.79 Å². The number of aromatic nitrogens is 1. The zero-order valence-electron chi connectivity index (χ0n) is 13.6. The highest BCUT2D eigenvalue weighted by molar-refractivity contribution is 9.10. The predicted molar refractivity (Wildman–Crippen MR) is 102 cm³/mol. The van der Waals surface area contributed by atoms with Gasteiger partial charge in [-0.25, -0.2) is 10.4 Å². The molecule has 0 saturated carbocycles. The minimum Gasteiger partial charge on any atom is -0.493 e. The molecule has 2 aromatic carbocycles. The van der Waals surface area contributed by atoms with E-state index < -0.39 is 0 Å². The summed E-state index contributed by atoms with van der Waals surface area (Å²) in [6.07, 6.45) is 1.55. The number of hydrogen-bond acceptors (Lipinski definition) is 4. The zero-order valence-corrected chi connectivity index (χ0v) is 15.2. The lowest BCUT2D eigenvalue weighted by Crippen LogP contribution is -2.19. The summed E-state index contributed by atoms with van der Waals surface area (Å²) in [7, 11) is 0. The summed E-state index contributed by atoms with van der Waals surface area (Å²) in [5.74, 6) is 0.336. The number of amides is 1. The van der Waals surface area contributed by atoms with Crippen molar-refractivity contribution in [3.05, 3.63) is 70.3 Å². The van der Waals surface area contributed by atoms with E-state index in [0.29, 0.717) is 18.1 Å². The summed E-state index contributed by atoms with van der Waals surface area (Å²) in [6, 6.07) is 16.8. The number of pyridine rings is 1. The van der Waals surface area contributed by atoms with Gasteiger partial charge >= 0.3 is 0 Å². The molecule has 0 radical (unpaired) electrons. The second-order valence-electron chi connectivity index (χ2n) is 5.20. The first-order valence-corrected chi connectivity index (χ1v) is 8.58. The average Bonchev–Trinajstić information content (AvgIpc) is 2.63. The van der Waals surface area contributed by atoms with Gasteiger partial charge in [0.25, 0.3) is 5.91 Å². The Morgan fingerprint density at radius 2 is 2.08 bits per heavy atom. The van der Waals surface area contributed by atoms with Crippen molar-refractivity contribution in [3.8, 4) is 5.75 Å². The van der Waals surface area contributed by atoms with Crippen molar-refractivity contribution in [2.75, 3.05) is 6.61 Å². The second-order valence-corrected chi connectivity index (χ2v) is 6.12. The highest BCUT2D eigenvalue weighted by Gasteiger charge is 2.07. The van der Waals surface area contributed by atoms with E-state index in [-0.39, 0.29) is 5.91 Å². The standard InChI is InChI=1S/C19H16BrN3O2/c1-2-25-18-10-8-15(20)11-14(18)12-21-23-19(24)17-9-7-13-5-3-4-6-16(13)22-17/h3-12H,2H2,1H3,(H,23,24)/b21-12-. The molecule has 1 aromatic heterocycles. The normalized spacial score (nSPS) is 11.0. The average molecular weight is 398 g/mol. The molecule has 0 unspecified atom stereocenters. The van der Waals surface area contributed by atoms with Crippen LogP contribution in [0.3, 0.4) is 0 Å². The van der Waals surface area contributed by atoms with Crippen molar-refractivity contribution in [1.29, 1.82) is 0 Å². The molecular weight excluding hydrogens is 382 g/mol. The van der Waals surface area contributed by atoms with Crippen LogP contribution < -0.4 is 10.2 Å². The molecule has 1 N–H and O–H groups in total. The molecule has 25 heavy (non-hydrogen) atoms. The maximum Gasteiger partial charge on any atom is 0.289 e. The van der Waals surface area contributed by atoms with E-state index in [1.54, 1.807) is 12.3 Å². The van der Waals surface area contributed by atoms with E-state index in [9.17, 15) is 4.79 Å². The van der Waals surface area contributed by atoms with Crippen molar-refractivity contribution in [3.63, 3.8) is 0 Å². The van der Waals surface area contributed by atoms with Crippen LogP contribution in [-0.4, -0.2) is 23.7 Å². The van der Waals surface area contributed by atoms with Gasteiger partial charge in [0.1, 0.15) is 11.4 Å². The number of nitrogens with zero attached hydrogens (tertiary/aromatic N) is 2. The molecule has 1 amide bonds. The Morgan fingerprint density at radius 1 is 1.24 bits per heavy atom. The van der Waals surface area contributed by atoms with Crippen LogP contribution in [0.15, 0.2) is 64.2 Å². The highest BCUT2D eigenvalue weighted by Crippen LogP contribution is 2.21. The number of halogens is 1. The summed E-state index contributed by atoms with van der Waals surface area (Å²) in [5, 5.41) is 5.00. The fourth-order valence-corrected chi connectivity index (χ4v) is 2.70. The molecule has 0 spiro atoms. The first-order chi connectivity index (χ1) is 12.2. The lowest BCUT2D eigenvalue weighted by Gasteiger charge is -2.07. The van der Waals surface area contributed by atoms with Gasteiger partial charge in [0.15, 0.2) is 0 Å². The first-order valence-electron chi connectivity index (χ1n) is 7.79. The Labute approximate surface area is 153 Å². The van der Waals surface area contributed by atoms with Crippen LogP contribution in [0.5, 0.6) is 5.75 Å². The Morgan fingerprint density at radius 3 is 2.92 bits per heavy atom. The molecule has 1 heterocycles. The molecule has 6 heteroatoms. The minimum absolute atomic E-state index is 0.315. The molecule has 0 fully saturated rings. The van der Waals surface area contributed by atoms with E-state index in [0.717, 1.165) is 20.9 Å². The molecule has 5 nitrogen and oxygen atoms in total. The summed E-state index contributed by atoms with van der Waals surface area (Å²) in [6.45, 7) is 2.46. The third kappa shape index (κ3) is 4.22. The number of hydrogen-bond donors (Lipinski definition) is 1. The van der Waals surface area contributed by atoms with Gasteiger partial charge < -0.3 is 4.74 Å². The number of para-hydroxylation sites is 1. The Hall–Kier alpha value is -2.73. The molecule has 0 atom stereocenters. The number of benzene rings is 2. The molecule has 0 aliphatic rings. The van der Waals surface area contributed by atoms with Gasteiger partial charge in [0.05, 0.1) is 18.3 Å². The number of nitrogens with one attached hydrogen (secondary N) is 1. The van der Waals surface area contributed by atoms with Crippen molar-refractivity contribution < 1.29 is 9.53 Å². The van der Waals surface area contributed by atoms with Crippen LogP contribution in [0, 0.1) is 0 Å². The minimum atomic E-state index is -0.366. The number of ether oxygens (including phenoxy) is 1. The molecule has 126 valence electrons. The molecule has 0 saturated heterocycles. The molecule has 3 rings (SSSR count). The molecule has 0 bridgehead atoms. The van der Waals surface area contributed by atoms with E-state index in [1.165, 1.54) is 0 Å². The fraction of sp³-hybridized carbons (Fsp3) is 0.105. The van der Waals surface area contributed by atoms with Crippen molar-refractivity contribution >= 4 is 39.0 Å². The van der Waals surface area contributed by atoms with Crippen LogP contribution in [0.4, 0.5) is 0 Å². The molecule has 0 aliphatic heterocycles. The Kier molecular flexibility index (Phi) is 5.40. The summed E-state index contributed by atoms with van der Waals surface area (Å²) in [4.78, 5) is 16.6. The van der Waals surface area contributed by atoms with E-state index in [1.807, 2.05) is 55.5 Å². The first kappa shape index (κ1) is 17.1. The van der Waals surface area contributed by atoms with Crippen molar-refractivity contribution in [2.24, 2.45) is 5.10 Å². The van der Waals surface area contributed by atoms with E-state index >= 15 is 0 Å². The van der Waals surface area contributed by atoms with E-state index in [4.69, 9.17) is 4.74 Å². The molecular formula is C19H16BrN3O2. The van der Waals surface area contributed by atoms with Crippen molar-refractivity contribution in [1.82, 2.24) is 10.4 Å². The number of carbonyl (C=O) groups excluding carboxylic acids is 1. The van der Waals surface area contributed by atoms with Crippen molar-refractivity contribution in [2.45, 2.75) is 6.92 Å². The lowest BCUT2D eigenvalue weighted by atomic mass is 10.2. The number of fused-ring (bicyclic) bond motifs is 1. The summed E-state index contributed by atoms with van der Waals surface area (Å²) < 4.78 is 6.45. The van der Waals surface area contributed by atoms with Crippen LogP contribution in [0.2, 0.25) is 0 Å². The lowest BCUT2D eigenvalue weighted by molar-refractivity contribution is 0.0950. The number of hydrazone groups is 1. The summed E-state index contributed by atoms with van der Waals surface area (Å²) in [5.41, 5.74) is 4.35. The monoisotopic (exact) mass is 397 g/mol. The quantitative estimate of drug-likeness (QED) is 0.519. The van der Waals surface area contributed by atoms with E-state index in [2.05, 4.69) is 31.4 Å². The van der Waals surface area contributed by atoms with Gasteiger partial charge in [-0.2, -0.15) is 5.10 Å². The topological polar surface area (TPSA) is 63.6 Å². The largest absolute Gasteiger partial charge is 0.493 e. The Balaban J connectivity index is 1.75.